The molecule has 1 fully saturated rings. The maximum atomic E-state index is 13.7. The number of ether oxygens (including phenoxy) is 1. The molecule has 1 amide bonds. The van der Waals surface area contributed by atoms with Crippen LogP contribution in [0.25, 0.3) is 27.8 Å². The molecular weight excluding hydrogens is 469 g/mol. The summed E-state index contributed by atoms with van der Waals surface area (Å²) in [5.74, 6) is 0.448. The van der Waals surface area contributed by atoms with Crippen molar-refractivity contribution in [1.82, 2.24) is 19.4 Å². The topological polar surface area (TPSA) is 72.3 Å². The fraction of sp³-hybridized carbons (Fsp3) is 0.345. The van der Waals surface area contributed by atoms with Crippen molar-refractivity contribution >= 4 is 22.9 Å². The van der Waals surface area contributed by atoms with Gasteiger partial charge in [0.05, 0.1) is 5.39 Å². The number of amides is 1. The predicted octanol–water partition coefficient (Wildman–Crippen LogP) is 6.35. The smallest absolute Gasteiger partial charge is 0.410 e. The molecule has 0 atom stereocenters. The van der Waals surface area contributed by atoms with E-state index < -0.39 is 5.60 Å². The van der Waals surface area contributed by atoms with E-state index in [1.165, 1.54) is 12.1 Å². The molecule has 2 aromatic heterocycles. The molecule has 1 N–H and O–H groups in total. The van der Waals surface area contributed by atoms with Gasteiger partial charge in [0.25, 0.3) is 0 Å². The molecule has 0 radical (unpaired) electrons. The van der Waals surface area contributed by atoms with Gasteiger partial charge >= 0.3 is 6.09 Å². The summed E-state index contributed by atoms with van der Waals surface area (Å²) in [5.41, 5.74) is 4.20. The molecule has 4 aromatic rings. The van der Waals surface area contributed by atoms with E-state index in [4.69, 9.17) is 4.74 Å². The third-order valence-corrected chi connectivity index (χ3v) is 6.51. The third kappa shape index (κ3) is 5.43. The Labute approximate surface area is 216 Å². The zero-order valence-corrected chi connectivity index (χ0v) is 21.7. The maximum Gasteiger partial charge on any atom is 0.410 e. The zero-order chi connectivity index (χ0) is 26.2. The summed E-state index contributed by atoms with van der Waals surface area (Å²) < 4.78 is 21.3. The molecule has 1 saturated heterocycles. The molecule has 0 bridgehead atoms. The number of piperidine rings is 1. The molecule has 7 nitrogen and oxygen atoms in total. The molecule has 8 heteroatoms. The number of hydrogen-bond donors (Lipinski definition) is 1. The summed E-state index contributed by atoms with van der Waals surface area (Å²) >= 11 is 0. The number of nitrogens with zero attached hydrogens (tertiary/aromatic N) is 4. The Hall–Kier alpha value is -3.94. The summed E-state index contributed by atoms with van der Waals surface area (Å²) in [4.78, 5) is 23.5. The van der Waals surface area contributed by atoms with E-state index in [2.05, 4.69) is 38.9 Å². The largest absolute Gasteiger partial charge is 0.444 e. The van der Waals surface area contributed by atoms with Crippen LogP contribution in [0, 0.1) is 12.7 Å². The van der Waals surface area contributed by atoms with E-state index in [9.17, 15) is 9.18 Å². The molecule has 1 aliphatic rings. The van der Waals surface area contributed by atoms with Gasteiger partial charge in [-0.2, -0.15) is 0 Å². The van der Waals surface area contributed by atoms with Gasteiger partial charge in [0.2, 0.25) is 0 Å². The fourth-order valence-corrected chi connectivity index (χ4v) is 4.72. The Balaban J connectivity index is 1.47. The molecular formula is C29H32FN5O2. The molecule has 0 saturated carbocycles. The maximum absolute atomic E-state index is 13.7. The number of carbonyl (C=O) groups is 1. The van der Waals surface area contributed by atoms with Gasteiger partial charge in [-0.25, -0.2) is 19.2 Å². The number of carbonyl (C=O) groups excluding carboxylic acids is 1. The van der Waals surface area contributed by atoms with Crippen LogP contribution >= 0.6 is 0 Å². The summed E-state index contributed by atoms with van der Waals surface area (Å²) in [7, 11) is 0. The summed E-state index contributed by atoms with van der Waals surface area (Å²) in [6, 6.07) is 14.9. The van der Waals surface area contributed by atoms with Crippen LogP contribution in [0.4, 0.5) is 15.0 Å². The van der Waals surface area contributed by atoms with Crippen molar-refractivity contribution in [3.63, 3.8) is 0 Å². The van der Waals surface area contributed by atoms with E-state index >= 15 is 0 Å². The van der Waals surface area contributed by atoms with Gasteiger partial charge in [-0.3, -0.25) is 0 Å². The molecule has 5 rings (SSSR count). The van der Waals surface area contributed by atoms with Crippen LogP contribution < -0.4 is 5.32 Å². The normalized spacial score (nSPS) is 14.7. The number of halogens is 1. The van der Waals surface area contributed by atoms with E-state index in [0.29, 0.717) is 13.1 Å². The highest BCUT2D eigenvalue weighted by molar-refractivity contribution is 6.02. The highest BCUT2D eigenvalue weighted by Gasteiger charge is 2.28. The number of nitrogens with one attached hydrogen (secondary N) is 1. The first kappa shape index (κ1) is 24.7. The van der Waals surface area contributed by atoms with E-state index in [1.54, 1.807) is 23.4 Å². The van der Waals surface area contributed by atoms with Gasteiger partial charge in [0.1, 0.15) is 23.6 Å². The average Bonchev–Trinajstić information content (AvgIpc) is 3.25. The lowest BCUT2D eigenvalue weighted by molar-refractivity contribution is 0.0210. The van der Waals surface area contributed by atoms with E-state index in [1.807, 2.05) is 39.1 Å². The fourth-order valence-electron chi connectivity index (χ4n) is 4.72. The molecule has 1 aliphatic heterocycles. The first-order valence-corrected chi connectivity index (χ1v) is 12.6. The lowest BCUT2D eigenvalue weighted by Gasteiger charge is -2.34. The number of likely N-dealkylation sites (tertiary alicyclic amines) is 1. The third-order valence-electron chi connectivity index (χ3n) is 6.51. The van der Waals surface area contributed by atoms with Crippen LogP contribution in [0.5, 0.6) is 0 Å². The van der Waals surface area contributed by atoms with Crippen LogP contribution in [-0.2, 0) is 4.74 Å². The monoisotopic (exact) mass is 501 g/mol. The molecule has 0 unspecified atom stereocenters. The molecule has 3 heterocycles. The minimum atomic E-state index is -0.514. The first-order valence-electron chi connectivity index (χ1n) is 12.6. The Bertz CT molecular complexity index is 1420. The second kappa shape index (κ2) is 9.84. The van der Waals surface area contributed by atoms with Crippen LogP contribution in [0.15, 0.2) is 61.1 Å². The van der Waals surface area contributed by atoms with Gasteiger partial charge in [0.15, 0.2) is 5.65 Å². The molecule has 2 aromatic carbocycles. The number of hydrogen-bond acceptors (Lipinski definition) is 5. The molecule has 0 spiro atoms. The first-order chi connectivity index (χ1) is 17.7. The summed E-state index contributed by atoms with van der Waals surface area (Å²) in [6.07, 6.45) is 4.88. The van der Waals surface area contributed by atoms with Crippen molar-refractivity contribution in [1.29, 1.82) is 0 Å². The lowest BCUT2D eigenvalue weighted by Crippen LogP contribution is -2.44. The van der Waals surface area contributed by atoms with Crippen molar-refractivity contribution in [2.75, 3.05) is 18.4 Å². The summed E-state index contributed by atoms with van der Waals surface area (Å²) in [5, 5.41) is 4.49. The second-order valence-corrected chi connectivity index (χ2v) is 10.6. The van der Waals surface area contributed by atoms with Gasteiger partial charge in [-0.15, -0.1) is 0 Å². The zero-order valence-electron chi connectivity index (χ0n) is 21.7. The standard InChI is InChI=1S/C29H32FN5O2/c1-19-6-5-7-23(16-19)35-17-24(20-8-10-21(30)11-9-20)25-26(31-18-32-27(25)35)33-22-12-14-34(15-13-22)28(36)37-29(2,3)4/h5-11,16-18,22H,12-15H2,1-4H3,(H,31,32,33). The highest BCUT2D eigenvalue weighted by Crippen LogP contribution is 2.36. The minimum Gasteiger partial charge on any atom is -0.444 e. The molecule has 0 aliphatic carbocycles. The van der Waals surface area contributed by atoms with Gasteiger partial charge in [-0.05, 0) is 75.9 Å². The van der Waals surface area contributed by atoms with Crippen molar-refractivity contribution < 1.29 is 13.9 Å². The van der Waals surface area contributed by atoms with Crippen LogP contribution in [0.1, 0.15) is 39.2 Å². The Kier molecular flexibility index (Phi) is 6.58. The average molecular weight is 502 g/mol. The van der Waals surface area contributed by atoms with Gasteiger partial charge < -0.3 is 19.5 Å². The van der Waals surface area contributed by atoms with Gasteiger partial charge in [0, 0.05) is 36.6 Å². The number of aryl methyl sites for hydroxylation is 1. The molecule has 192 valence electrons. The summed E-state index contributed by atoms with van der Waals surface area (Å²) in [6.45, 7) is 8.90. The predicted molar refractivity (Wildman–Crippen MR) is 143 cm³/mol. The minimum absolute atomic E-state index is 0.139. The van der Waals surface area contributed by atoms with Crippen LogP contribution in [0.2, 0.25) is 0 Å². The van der Waals surface area contributed by atoms with Crippen molar-refractivity contribution in [2.45, 2.75) is 52.2 Å². The Morgan fingerprint density at radius 2 is 1.81 bits per heavy atom. The van der Waals surface area contributed by atoms with E-state index in [-0.39, 0.29) is 18.0 Å². The number of benzene rings is 2. The number of aromatic nitrogens is 3. The lowest BCUT2D eigenvalue weighted by atomic mass is 10.0. The van der Waals surface area contributed by atoms with Crippen molar-refractivity contribution in [3.05, 3.63) is 72.4 Å². The van der Waals surface area contributed by atoms with Crippen molar-refractivity contribution in [3.8, 4) is 16.8 Å². The number of anilines is 1. The highest BCUT2D eigenvalue weighted by atomic mass is 19.1. The molecule has 37 heavy (non-hydrogen) atoms. The Morgan fingerprint density at radius 3 is 2.49 bits per heavy atom. The van der Waals surface area contributed by atoms with Crippen LogP contribution in [-0.4, -0.2) is 50.3 Å². The number of fused-ring (bicyclic) bond motifs is 1. The quantitative estimate of drug-likeness (QED) is 0.353. The number of rotatable bonds is 4. The van der Waals surface area contributed by atoms with Crippen molar-refractivity contribution in [2.24, 2.45) is 0 Å². The van der Waals surface area contributed by atoms with Crippen LogP contribution in [0.3, 0.4) is 0 Å². The Morgan fingerprint density at radius 1 is 1.08 bits per heavy atom. The van der Waals surface area contributed by atoms with E-state index in [0.717, 1.165) is 52.1 Å². The van der Waals surface area contributed by atoms with Gasteiger partial charge in [-0.1, -0.05) is 24.3 Å². The SMILES string of the molecule is Cc1cccc(-n2cc(-c3ccc(F)cc3)c3c(NC4CCN(C(=O)OC(C)(C)C)CC4)ncnc32)c1. The second-order valence-electron chi connectivity index (χ2n) is 10.6.